The number of nitrogens with two attached hydrogens (primary N) is 1. The Hall–Kier alpha value is -4.05. The predicted octanol–water partition coefficient (Wildman–Crippen LogP) is 4.48. The summed E-state index contributed by atoms with van der Waals surface area (Å²) < 4.78 is 5.27. The number of hydrogen-bond donors (Lipinski definition) is 1. The Morgan fingerprint density at radius 3 is 2.34 bits per heavy atom. The van der Waals surface area contributed by atoms with Crippen molar-refractivity contribution in [2.24, 2.45) is 5.73 Å². The number of methoxy groups -OCH3 is 1. The fourth-order valence-electron chi connectivity index (χ4n) is 4.96. The monoisotopic (exact) mass is 470 g/mol. The van der Waals surface area contributed by atoms with E-state index in [9.17, 15) is 14.9 Å². The van der Waals surface area contributed by atoms with Gasteiger partial charge in [-0.1, -0.05) is 12.1 Å². The van der Waals surface area contributed by atoms with Gasteiger partial charge in [0.1, 0.15) is 11.6 Å². The fourth-order valence-corrected chi connectivity index (χ4v) is 4.96. The summed E-state index contributed by atoms with van der Waals surface area (Å²) in [6.45, 7) is 5.17. The highest BCUT2D eigenvalue weighted by molar-refractivity contribution is 6.01. The normalized spacial score (nSPS) is 17.7. The van der Waals surface area contributed by atoms with Gasteiger partial charge in [0.2, 0.25) is 0 Å². The highest BCUT2D eigenvalue weighted by atomic mass is 16.5. The van der Waals surface area contributed by atoms with Gasteiger partial charge in [-0.3, -0.25) is 14.5 Å². The number of hydrogen-bond acceptors (Lipinski definition) is 6. The number of ether oxygens (including phenoxy) is 1. The van der Waals surface area contributed by atoms with E-state index < -0.39 is 5.92 Å². The number of carbonyl (C=O) groups is 2. The predicted molar refractivity (Wildman–Crippen MR) is 135 cm³/mol. The molecule has 180 valence electrons. The summed E-state index contributed by atoms with van der Waals surface area (Å²) in [4.78, 5) is 29.6. The van der Waals surface area contributed by atoms with Gasteiger partial charge in [0.05, 0.1) is 24.7 Å². The quantitative estimate of drug-likeness (QED) is 0.668. The van der Waals surface area contributed by atoms with Crippen molar-refractivity contribution in [3.8, 4) is 11.8 Å². The van der Waals surface area contributed by atoms with Gasteiger partial charge in [0, 0.05) is 42.0 Å². The number of carbonyl (C=O) groups excluding carboxylic acids is 2. The molecule has 35 heavy (non-hydrogen) atoms. The average Bonchev–Trinajstić information content (AvgIpc) is 2.89. The third-order valence-electron chi connectivity index (χ3n) is 6.79. The summed E-state index contributed by atoms with van der Waals surface area (Å²) in [5.74, 6) is 0.489. The minimum atomic E-state index is -0.520. The minimum Gasteiger partial charge on any atom is -0.497 e. The number of benzene rings is 2. The first-order valence-electron chi connectivity index (χ1n) is 11.9. The van der Waals surface area contributed by atoms with Gasteiger partial charge in [-0.15, -0.1) is 0 Å². The number of rotatable bonds is 6. The lowest BCUT2D eigenvalue weighted by Crippen LogP contribution is -2.38. The highest BCUT2D eigenvalue weighted by Gasteiger charge is 2.40. The summed E-state index contributed by atoms with van der Waals surface area (Å²) in [6.07, 6.45) is 1.83. The second kappa shape index (κ2) is 10.1. The molecule has 1 aliphatic heterocycles. The van der Waals surface area contributed by atoms with Crippen LogP contribution in [0.1, 0.15) is 54.9 Å². The molecule has 0 radical (unpaired) electrons. The first-order chi connectivity index (χ1) is 16.9. The summed E-state index contributed by atoms with van der Waals surface area (Å²) in [6, 6.07) is 16.9. The van der Waals surface area contributed by atoms with Crippen molar-refractivity contribution in [2.75, 3.05) is 25.1 Å². The van der Waals surface area contributed by atoms with Crippen molar-refractivity contribution in [1.82, 2.24) is 4.90 Å². The van der Waals surface area contributed by atoms with E-state index in [4.69, 9.17) is 10.5 Å². The third kappa shape index (κ3) is 4.28. The van der Waals surface area contributed by atoms with Crippen molar-refractivity contribution in [1.29, 1.82) is 5.26 Å². The van der Waals surface area contributed by atoms with Crippen molar-refractivity contribution < 1.29 is 14.3 Å². The van der Waals surface area contributed by atoms with E-state index in [0.717, 1.165) is 23.4 Å². The van der Waals surface area contributed by atoms with E-state index in [0.29, 0.717) is 54.2 Å². The van der Waals surface area contributed by atoms with E-state index in [2.05, 4.69) is 6.07 Å². The van der Waals surface area contributed by atoms with Gasteiger partial charge >= 0.3 is 0 Å². The highest BCUT2D eigenvalue weighted by Crippen LogP contribution is 2.46. The van der Waals surface area contributed by atoms with Gasteiger partial charge in [0.15, 0.2) is 5.78 Å². The molecule has 0 saturated heterocycles. The van der Waals surface area contributed by atoms with E-state index in [1.54, 1.807) is 24.1 Å². The summed E-state index contributed by atoms with van der Waals surface area (Å²) in [5, 5.41) is 10.1. The Bertz CT molecular complexity index is 1230. The molecule has 7 heteroatoms. The molecular weight excluding hydrogens is 440 g/mol. The van der Waals surface area contributed by atoms with Crippen LogP contribution >= 0.6 is 0 Å². The van der Waals surface area contributed by atoms with Crippen LogP contribution in [0.2, 0.25) is 0 Å². The van der Waals surface area contributed by atoms with Crippen molar-refractivity contribution in [3.05, 3.63) is 82.3 Å². The molecule has 1 amide bonds. The second-order valence-corrected chi connectivity index (χ2v) is 8.61. The van der Waals surface area contributed by atoms with Crippen LogP contribution in [0.15, 0.2) is 71.2 Å². The van der Waals surface area contributed by atoms with Crippen LogP contribution in [0.4, 0.5) is 5.69 Å². The number of allylic oxidation sites excluding steroid dienone is 3. The number of nitriles is 1. The van der Waals surface area contributed by atoms with Gasteiger partial charge in [-0.05, 0) is 68.7 Å². The van der Waals surface area contributed by atoms with E-state index in [1.165, 1.54) is 0 Å². The SMILES string of the molecule is CCN(CC)C(=O)c1ccc(N2C(N)=C(C#N)C(c3ccc(OC)cc3)C3=C2CCCC3=O)cc1. The first-order valence-corrected chi connectivity index (χ1v) is 11.9. The Morgan fingerprint density at radius 2 is 1.77 bits per heavy atom. The lowest BCUT2D eigenvalue weighted by atomic mass is 9.75. The Kier molecular flexibility index (Phi) is 6.92. The summed E-state index contributed by atoms with van der Waals surface area (Å²) in [7, 11) is 1.60. The van der Waals surface area contributed by atoms with Gasteiger partial charge in [-0.25, -0.2) is 0 Å². The maximum absolute atomic E-state index is 13.2. The zero-order valence-electron chi connectivity index (χ0n) is 20.4. The van der Waals surface area contributed by atoms with Gasteiger partial charge in [-0.2, -0.15) is 5.26 Å². The van der Waals surface area contributed by atoms with Crippen molar-refractivity contribution in [3.63, 3.8) is 0 Å². The Balaban J connectivity index is 1.81. The zero-order chi connectivity index (χ0) is 25.1. The lowest BCUT2D eigenvalue weighted by Gasteiger charge is -2.39. The molecule has 1 heterocycles. The maximum Gasteiger partial charge on any atom is 0.253 e. The second-order valence-electron chi connectivity index (χ2n) is 8.61. The Labute approximate surface area is 206 Å². The van der Waals surface area contributed by atoms with E-state index in [-0.39, 0.29) is 11.7 Å². The molecule has 4 rings (SSSR count). The van der Waals surface area contributed by atoms with Crippen LogP contribution in [0.25, 0.3) is 0 Å². The largest absolute Gasteiger partial charge is 0.497 e. The molecule has 0 bridgehead atoms. The van der Waals surface area contributed by atoms with Crippen molar-refractivity contribution in [2.45, 2.75) is 39.0 Å². The Morgan fingerprint density at radius 1 is 1.11 bits per heavy atom. The van der Waals surface area contributed by atoms with Crippen LogP contribution in [-0.2, 0) is 4.79 Å². The van der Waals surface area contributed by atoms with Crippen LogP contribution in [0.5, 0.6) is 5.75 Å². The molecule has 2 aromatic carbocycles. The summed E-state index contributed by atoms with van der Waals surface area (Å²) >= 11 is 0. The minimum absolute atomic E-state index is 0.0330. The molecule has 0 saturated carbocycles. The zero-order valence-corrected chi connectivity index (χ0v) is 20.4. The fraction of sp³-hybridized carbons (Fsp3) is 0.321. The van der Waals surface area contributed by atoms with Crippen LogP contribution < -0.4 is 15.4 Å². The molecule has 7 nitrogen and oxygen atoms in total. The van der Waals surface area contributed by atoms with E-state index in [1.807, 2.05) is 55.1 Å². The molecule has 2 N–H and O–H groups in total. The number of nitrogens with zero attached hydrogens (tertiary/aromatic N) is 3. The smallest absolute Gasteiger partial charge is 0.253 e. The molecule has 0 fully saturated rings. The van der Waals surface area contributed by atoms with E-state index >= 15 is 0 Å². The van der Waals surface area contributed by atoms with Gasteiger partial charge in [0.25, 0.3) is 5.91 Å². The molecule has 1 atom stereocenters. The van der Waals surface area contributed by atoms with Crippen LogP contribution in [0.3, 0.4) is 0 Å². The van der Waals surface area contributed by atoms with Crippen LogP contribution in [0, 0.1) is 11.3 Å². The molecule has 0 spiro atoms. The first kappa shape index (κ1) is 24.1. The van der Waals surface area contributed by atoms with Crippen LogP contribution in [-0.4, -0.2) is 36.8 Å². The third-order valence-corrected chi connectivity index (χ3v) is 6.79. The number of amides is 1. The molecule has 2 aliphatic rings. The molecular formula is C28H30N4O3. The average molecular weight is 471 g/mol. The topological polar surface area (TPSA) is 99.7 Å². The number of Topliss-reactive ketones (excluding diaryl/α,β-unsaturated/α-hetero) is 1. The molecule has 1 unspecified atom stereocenters. The number of ketones is 1. The number of anilines is 1. The standard InChI is InChI=1S/C28H30N4O3/c1-4-31(5-2)28(34)19-9-13-20(14-10-19)32-23-7-6-8-24(33)26(23)25(22(17-29)27(32)30)18-11-15-21(35-3)16-12-18/h9-16,25H,4-8,30H2,1-3H3. The van der Waals surface area contributed by atoms with Gasteiger partial charge < -0.3 is 15.4 Å². The molecule has 1 aliphatic carbocycles. The summed E-state index contributed by atoms with van der Waals surface area (Å²) in [5.41, 5.74) is 10.5. The molecule has 0 aromatic heterocycles. The lowest BCUT2D eigenvalue weighted by molar-refractivity contribution is -0.116. The molecule has 2 aromatic rings. The maximum atomic E-state index is 13.2. The van der Waals surface area contributed by atoms with Crippen molar-refractivity contribution >= 4 is 17.4 Å².